The Morgan fingerprint density at radius 3 is 3.06 bits per heavy atom. The maximum Gasteiger partial charge on any atom is 0.411 e. The topological polar surface area (TPSA) is 50.4 Å². The number of hydrogen-bond acceptors (Lipinski definition) is 3. The molecular weight excluding hydrogens is 259 g/mol. The number of rotatable bonds is 2. The number of halogens is 2. The number of ether oxygens (including phenoxy) is 1. The van der Waals surface area contributed by atoms with Gasteiger partial charge in [-0.2, -0.15) is 0 Å². The zero-order valence-electron chi connectivity index (χ0n) is 9.71. The molecule has 6 heteroatoms. The molecule has 0 aliphatic carbocycles. The number of nitrogens with one attached hydrogen (secondary N) is 2. The summed E-state index contributed by atoms with van der Waals surface area (Å²) in [5.74, 6) is -0.575. The molecule has 0 bridgehead atoms. The first-order valence-corrected chi connectivity index (χ1v) is 6.16. The Hall–Kier alpha value is -1.33. The molecule has 1 unspecified atom stereocenters. The number of hydrogen-bond donors (Lipinski definition) is 2. The molecule has 1 atom stereocenters. The van der Waals surface area contributed by atoms with Crippen molar-refractivity contribution < 1.29 is 13.9 Å². The summed E-state index contributed by atoms with van der Waals surface area (Å²) in [5, 5.41) is 5.63. The Morgan fingerprint density at radius 2 is 2.39 bits per heavy atom. The second-order valence-corrected chi connectivity index (χ2v) is 4.53. The van der Waals surface area contributed by atoms with Crippen molar-refractivity contribution in [2.75, 3.05) is 18.4 Å². The largest absolute Gasteiger partial charge is 0.445 e. The van der Waals surface area contributed by atoms with E-state index in [-0.39, 0.29) is 11.1 Å². The molecule has 1 aromatic carbocycles. The smallest absolute Gasteiger partial charge is 0.411 e. The highest BCUT2D eigenvalue weighted by Crippen LogP contribution is 2.19. The van der Waals surface area contributed by atoms with E-state index in [2.05, 4.69) is 10.6 Å². The van der Waals surface area contributed by atoms with Crippen LogP contribution in [0.25, 0.3) is 0 Å². The molecule has 1 amide bonds. The highest BCUT2D eigenvalue weighted by molar-refractivity contribution is 6.30. The van der Waals surface area contributed by atoms with Crippen molar-refractivity contribution >= 4 is 23.4 Å². The molecule has 1 aromatic rings. The maximum absolute atomic E-state index is 13.2. The lowest BCUT2D eigenvalue weighted by molar-refractivity contribution is 0.0941. The minimum absolute atomic E-state index is 0.0189. The number of piperidine rings is 1. The van der Waals surface area contributed by atoms with Crippen LogP contribution in [0, 0.1) is 5.82 Å². The van der Waals surface area contributed by atoms with Crippen LogP contribution in [0.5, 0.6) is 0 Å². The summed E-state index contributed by atoms with van der Waals surface area (Å²) >= 11 is 5.55. The van der Waals surface area contributed by atoms with Crippen LogP contribution < -0.4 is 10.6 Å². The summed E-state index contributed by atoms with van der Waals surface area (Å²) in [6.45, 7) is 1.60. The Morgan fingerprint density at radius 1 is 1.56 bits per heavy atom. The van der Waals surface area contributed by atoms with Gasteiger partial charge in [-0.05, 0) is 37.6 Å². The first-order chi connectivity index (χ1) is 8.65. The third-order valence-corrected chi connectivity index (χ3v) is 3.00. The molecule has 0 spiro atoms. The van der Waals surface area contributed by atoms with E-state index in [1.165, 1.54) is 12.1 Å². The Bertz CT molecular complexity index is 436. The molecule has 0 radical (unpaired) electrons. The SMILES string of the molecule is O=C(Nc1ccc(Cl)c(F)c1)OC1CCCNC1. The number of anilines is 1. The molecule has 2 rings (SSSR count). The molecule has 1 aliphatic heterocycles. The fraction of sp³-hybridized carbons (Fsp3) is 0.417. The standard InChI is InChI=1S/C12H14ClFN2O2/c13-10-4-3-8(6-11(10)14)16-12(17)18-9-2-1-5-15-7-9/h3-4,6,9,15H,1-2,5,7H2,(H,16,17). The fourth-order valence-electron chi connectivity index (χ4n) is 1.79. The van der Waals surface area contributed by atoms with E-state index < -0.39 is 11.9 Å². The lowest BCUT2D eigenvalue weighted by Gasteiger charge is -2.22. The van der Waals surface area contributed by atoms with Gasteiger partial charge in [-0.3, -0.25) is 5.32 Å². The molecule has 98 valence electrons. The average Bonchev–Trinajstić information content (AvgIpc) is 2.35. The second kappa shape index (κ2) is 6.02. The van der Waals surface area contributed by atoms with Crippen molar-refractivity contribution in [1.82, 2.24) is 5.32 Å². The van der Waals surface area contributed by atoms with Crippen molar-refractivity contribution in [1.29, 1.82) is 0 Å². The lowest BCUT2D eigenvalue weighted by Crippen LogP contribution is -2.37. The molecule has 2 N–H and O–H groups in total. The summed E-state index contributed by atoms with van der Waals surface area (Å²) in [7, 11) is 0. The van der Waals surface area contributed by atoms with Gasteiger partial charge < -0.3 is 10.1 Å². The predicted octanol–water partition coefficient (Wildman–Crippen LogP) is 2.78. The summed E-state index contributed by atoms with van der Waals surface area (Å²) in [6, 6.07) is 4.06. The molecule has 1 fully saturated rings. The highest BCUT2D eigenvalue weighted by atomic mass is 35.5. The van der Waals surface area contributed by atoms with Gasteiger partial charge >= 0.3 is 6.09 Å². The first-order valence-electron chi connectivity index (χ1n) is 5.78. The van der Waals surface area contributed by atoms with Gasteiger partial charge in [-0.1, -0.05) is 11.6 Å². The molecule has 1 saturated heterocycles. The summed E-state index contributed by atoms with van der Waals surface area (Å²) in [5.41, 5.74) is 0.325. The zero-order chi connectivity index (χ0) is 13.0. The van der Waals surface area contributed by atoms with Crippen molar-refractivity contribution in [3.63, 3.8) is 0 Å². The van der Waals surface area contributed by atoms with Gasteiger partial charge in [-0.15, -0.1) is 0 Å². The number of carbonyl (C=O) groups excluding carboxylic acids is 1. The fourth-order valence-corrected chi connectivity index (χ4v) is 1.91. The summed E-state index contributed by atoms with van der Waals surface area (Å²) in [4.78, 5) is 11.6. The quantitative estimate of drug-likeness (QED) is 0.870. The molecule has 0 saturated carbocycles. The third-order valence-electron chi connectivity index (χ3n) is 2.69. The number of amides is 1. The van der Waals surface area contributed by atoms with Gasteiger partial charge in [0.05, 0.1) is 5.02 Å². The van der Waals surface area contributed by atoms with Gasteiger partial charge in [-0.25, -0.2) is 9.18 Å². The molecule has 1 aliphatic rings. The van der Waals surface area contributed by atoms with E-state index in [1.807, 2.05) is 0 Å². The normalized spacial score (nSPS) is 19.3. The van der Waals surface area contributed by atoms with Crippen molar-refractivity contribution in [3.8, 4) is 0 Å². The van der Waals surface area contributed by atoms with Crippen LogP contribution in [0.2, 0.25) is 5.02 Å². The van der Waals surface area contributed by atoms with Crippen LogP contribution in [-0.4, -0.2) is 25.3 Å². The monoisotopic (exact) mass is 272 g/mol. The van der Waals surface area contributed by atoms with Crippen molar-refractivity contribution in [2.24, 2.45) is 0 Å². The van der Waals surface area contributed by atoms with Gasteiger partial charge in [0.1, 0.15) is 11.9 Å². The van der Waals surface area contributed by atoms with Crippen LogP contribution in [0.1, 0.15) is 12.8 Å². The molecule has 18 heavy (non-hydrogen) atoms. The van der Waals surface area contributed by atoms with Crippen LogP contribution in [0.4, 0.5) is 14.9 Å². The van der Waals surface area contributed by atoms with E-state index >= 15 is 0 Å². The minimum atomic E-state index is -0.578. The second-order valence-electron chi connectivity index (χ2n) is 4.13. The Labute approximate surface area is 109 Å². The summed E-state index contributed by atoms with van der Waals surface area (Å²) < 4.78 is 18.4. The molecule has 4 nitrogen and oxygen atoms in total. The van der Waals surface area contributed by atoms with E-state index in [0.29, 0.717) is 12.2 Å². The Balaban J connectivity index is 1.88. The van der Waals surface area contributed by atoms with Gasteiger partial charge in [0.25, 0.3) is 0 Å². The van der Waals surface area contributed by atoms with Gasteiger partial charge in [0.2, 0.25) is 0 Å². The average molecular weight is 273 g/mol. The maximum atomic E-state index is 13.2. The third kappa shape index (κ3) is 3.58. The van der Waals surface area contributed by atoms with Crippen molar-refractivity contribution in [2.45, 2.75) is 18.9 Å². The van der Waals surface area contributed by atoms with Crippen molar-refractivity contribution in [3.05, 3.63) is 29.0 Å². The highest BCUT2D eigenvalue weighted by Gasteiger charge is 2.17. The zero-order valence-corrected chi connectivity index (χ0v) is 10.5. The lowest BCUT2D eigenvalue weighted by atomic mass is 10.1. The number of benzene rings is 1. The van der Waals surface area contributed by atoms with Gasteiger partial charge in [0, 0.05) is 12.2 Å². The Kier molecular flexibility index (Phi) is 4.38. The van der Waals surface area contributed by atoms with Crippen LogP contribution in [0.3, 0.4) is 0 Å². The first kappa shape index (κ1) is 13.1. The van der Waals surface area contributed by atoms with E-state index in [0.717, 1.165) is 25.5 Å². The summed E-state index contributed by atoms with van der Waals surface area (Å²) in [6.07, 6.45) is 1.12. The van der Waals surface area contributed by atoms with Crippen LogP contribution in [-0.2, 0) is 4.74 Å². The van der Waals surface area contributed by atoms with E-state index in [4.69, 9.17) is 16.3 Å². The molecule has 1 heterocycles. The minimum Gasteiger partial charge on any atom is -0.445 e. The molecule has 0 aromatic heterocycles. The predicted molar refractivity (Wildman–Crippen MR) is 67.4 cm³/mol. The van der Waals surface area contributed by atoms with Crippen LogP contribution in [0.15, 0.2) is 18.2 Å². The van der Waals surface area contributed by atoms with Gasteiger partial charge in [0.15, 0.2) is 0 Å². The van der Waals surface area contributed by atoms with E-state index in [9.17, 15) is 9.18 Å². The van der Waals surface area contributed by atoms with E-state index in [1.54, 1.807) is 0 Å². The number of carbonyl (C=O) groups is 1. The molecular formula is C12H14ClFN2O2. The van der Waals surface area contributed by atoms with Crippen LogP contribution >= 0.6 is 11.6 Å².